The molecule has 0 amide bonds. The SMILES string of the molecule is Cc1nn(CN2CCC[C@H](C(F)(F)F)C2)c(=O)c2noc(C)c12. The average molecular weight is 330 g/mol. The van der Waals surface area contributed by atoms with E-state index in [9.17, 15) is 18.0 Å². The maximum absolute atomic E-state index is 12.9. The van der Waals surface area contributed by atoms with Gasteiger partial charge in [0.2, 0.25) is 0 Å². The molecule has 2 aromatic heterocycles. The second-order valence-electron chi connectivity index (χ2n) is 5.95. The molecule has 1 atom stereocenters. The van der Waals surface area contributed by atoms with Gasteiger partial charge in [0.25, 0.3) is 5.56 Å². The van der Waals surface area contributed by atoms with Crippen molar-refractivity contribution in [2.75, 3.05) is 13.1 Å². The number of rotatable bonds is 2. The first kappa shape index (κ1) is 16.0. The average Bonchev–Trinajstić information content (AvgIpc) is 2.86. The van der Waals surface area contributed by atoms with Gasteiger partial charge < -0.3 is 4.52 Å². The van der Waals surface area contributed by atoms with Crippen molar-refractivity contribution in [3.63, 3.8) is 0 Å². The standard InChI is InChI=1S/C14H17F3N4O2/c1-8-11-9(2)23-19-12(11)13(22)21(18-8)7-20-5-3-4-10(6-20)14(15,16)17/h10H,3-7H2,1-2H3/t10-/m0/s1. The molecule has 126 valence electrons. The van der Waals surface area contributed by atoms with Gasteiger partial charge in [0.1, 0.15) is 5.76 Å². The van der Waals surface area contributed by atoms with E-state index in [0.29, 0.717) is 29.8 Å². The summed E-state index contributed by atoms with van der Waals surface area (Å²) in [4.78, 5) is 14.0. The van der Waals surface area contributed by atoms with Gasteiger partial charge >= 0.3 is 6.18 Å². The van der Waals surface area contributed by atoms with E-state index >= 15 is 0 Å². The van der Waals surface area contributed by atoms with Gasteiger partial charge in [-0.25, -0.2) is 4.68 Å². The van der Waals surface area contributed by atoms with Crippen molar-refractivity contribution in [2.45, 2.75) is 39.5 Å². The molecule has 0 bridgehead atoms. The van der Waals surface area contributed by atoms with Crippen molar-refractivity contribution in [1.29, 1.82) is 0 Å². The Bertz CT molecular complexity index is 781. The molecule has 6 nitrogen and oxygen atoms in total. The van der Waals surface area contributed by atoms with Gasteiger partial charge in [-0.1, -0.05) is 5.16 Å². The van der Waals surface area contributed by atoms with Crippen molar-refractivity contribution in [1.82, 2.24) is 19.8 Å². The number of likely N-dealkylation sites (tertiary alicyclic amines) is 1. The smallest absolute Gasteiger partial charge is 0.360 e. The summed E-state index contributed by atoms with van der Waals surface area (Å²) >= 11 is 0. The van der Waals surface area contributed by atoms with Gasteiger partial charge in [-0.15, -0.1) is 0 Å². The number of fused-ring (bicyclic) bond motifs is 1. The summed E-state index contributed by atoms with van der Waals surface area (Å²) in [5, 5.41) is 8.50. The molecule has 0 spiro atoms. The van der Waals surface area contributed by atoms with Crippen LogP contribution in [0.4, 0.5) is 13.2 Å². The lowest BCUT2D eigenvalue weighted by molar-refractivity contribution is -0.188. The van der Waals surface area contributed by atoms with Gasteiger partial charge in [-0.2, -0.15) is 18.3 Å². The zero-order chi connectivity index (χ0) is 16.8. The third-order valence-corrected chi connectivity index (χ3v) is 4.23. The molecule has 3 heterocycles. The highest BCUT2D eigenvalue weighted by Crippen LogP contribution is 2.33. The van der Waals surface area contributed by atoms with E-state index < -0.39 is 17.7 Å². The van der Waals surface area contributed by atoms with E-state index in [-0.39, 0.29) is 25.2 Å². The lowest BCUT2D eigenvalue weighted by Crippen LogP contribution is -2.44. The molecule has 1 aliphatic heterocycles. The molecule has 0 N–H and O–H groups in total. The van der Waals surface area contributed by atoms with Crippen LogP contribution in [-0.2, 0) is 6.67 Å². The third kappa shape index (κ3) is 2.97. The predicted molar refractivity (Wildman–Crippen MR) is 75.9 cm³/mol. The number of hydrogen-bond acceptors (Lipinski definition) is 5. The minimum absolute atomic E-state index is 0.0219. The number of nitrogens with zero attached hydrogens (tertiary/aromatic N) is 4. The second-order valence-corrected chi connectivity index (χ2v) is 5.95. The number of piperidine rings is 1. The topological polar surface area (TPSA) is 64.2 Å². The fourth-order valence-electron chi connectivity index (χ4n) is 3.08. The first-order valence-corrected chi connectivity index (χ1v) is 7.40. The van der Waals surface area contributed by atoms with Crippen molar-refractivity contribution in [3.05, 3.63) is 21.8 Å². The van der Waals surface area contributed by atoms with E-state index in [2.05, 4.69) is 10.3 Å². The Morgan fingerprint density at radius 2 is 2.09 bits per heavy atom. The van der Waals surface area contributed by atoms with Crippen LogP contribution in [0.1, 0.15) is 24.3 Å². The maximum Gasteiger partial charge on any atom is 0.393 e. The van der Waals surface area contributed by atoms with Gasteiger partial charge in [-0.3, -0.25) is 9.69 Å². The molecule has 0 unspecified atom stereocenters. The number of alkyl halides is 3. The first-order valence-electron chi connectivity index (χ1n) is 7.40. The van der Waals surface area contributed by atoms with Crippen molar-refractivity contribution in [3.8, 4) is 0 Å². The van der Waals surface area contributed by atoms with E-state index in [1.54, 1.807) is 18.7 Å². The molecule has 0 saturated carbocycles. The van der Waals surface area contributed by atoms with Gasteiger partial charge in [0.15, 0.2) is 5.52 Å². The molecule has 3 rings (SSSR count). The van der Waals surface area contributed by atoms with Crippen LogP contribution >= 0.6 is 0 Å². The molecule has 9 heteroatoms. The molecule has 0 aromatic carbocycles. The molecular formula is C14H17F3N4O2. The number of aromatic nitrogens is 3. The van der Waals surface area contributed by atoms with E-state index in [1.807, 2.05) is 0 Å². The Balaban J connectivity index is 1.87. The quantitative estimate of drug-likeness (QED) is 0.845. The minimum atomic E-state index is -4.21. The van der Waals surface area contributed by atoms with Gasteiger partial charge in [0.05, 0.1) is 23.7 Å². The molecule has 1 saturated heterocycles. The summed E-state index contributed by atoms with van der Waals surface area (Å²) < 4.78 is 44.8. The highest BCUT2D eigenvalue weighted by atomic mass is 19.4. The van der Waals surface area contributed by atoms with Crippen LogP contribution < -0.4 is 5.56 Å². The number of aryl methyl sites for hydroxylation is 2. The minimum Gasteiger partial charge on any atom is -0.360 e. The highest BCUT2D eigenvalue weighted by Gasteiger charge is 2.41. The summed E-state index contributed by atoms with van der Waals surface area (Å²) in [6.07, 6.45) is -3.63. The lowest BCUT2D eigenvalue weighted by Gasteiger charge is -2.33. The lowest BCUT2D eigenvalue weighted by atomic mass is 9.98. The van der Waals surface area contributed by atoms with E-state index in [1.165, 1.54) is 4.68 Å². The molecule has 0 aliphatic carbocycles. The van der Waals surface area contributed by atoms with Crippen LogP contribution in [0.3, 0.4) is 0 Å². The van der Waals surface area contributed by atoms with Crippen LogP contribution in [0.15, 0.2) is 9.32 Å². The second kappa shape index (κ2) is 5.63. The van der Waals surface area contributed by atoms with Crippen molar-refractivity contribution in [2.24, 2.45) is 5.92 Å². The van der Waals surface area contributed by atoms with Gasteiger partial charge in [-0.05, 0) is 33.2 Å². The molecule has 23 heavy (non-hydrogen) atoms. The fourth-order valence-corrected chi connectivity index (χ4v) is 3.08. The maximum atomic E-state index is 12.9. The normalized spacial score (nSPS) is 20.3. The zero-order valence-corrected chi connectivity index (χ0v) is 12.9. The predicted octanol–water partition coefficient (Wildman–Crippen LogP) is 2.23. The van der Waals surface area contributed by atoms with Crippen LogP contribution in [0.2, 0.25) is 0 Å². The third-order valence-electron chi connectivity index (χ3n) is 4.23. The molecule has 1 fully saturated rings. The van der Waals surface area contributed by atoms with E-state index in [4.69, 9.17) is 4.52 Å². The summed E-state index contributed by atoms with van der Waals surface area (Å²) in [7, 11) is 0. The van der Waals surface area contributed by atoms with Crippen molar-refractivity contribution >= 4 is 10.9 Å². The zero-order valence-electron chi connectivity index (χ0n) is 12.9. The molecular weight excluding hydrogens is 313 g/mol. The molecule has 2 aromatic rings. The molecule has 1 aliphatic rings. The first-order chi connectivity index (χ1) is 10.8. The van der Waals surface area contributed by atoms with Crippen LogP contribution in [-0.4, -0.2) is 39.1 Å². The van der Waals surface area contributed by atoms with Crippen LogP contribution in [0.5, 0.6) is 0 Å². The number of halogens is 3. The van der Waals surface area contributed by atoms with Gasteiger partial charge in [0, 0.05) is 6.54 Å². The fraction of sp³-hybridized carbons (Fsp3) is 0.643. The Morgan fingerprint density at radius 3 is 2.78 bits per heavy atom. The largest absolute Gasteiger partial charge is 0.393 e. The number of hydrogen-bond donors (Lipinski definition) is 0. The summed E-state index contributed by atoms with van der Waals surface area (Å²) in [5.41, 5.74) is 0.290. The van der Waals surface area contributed by atoms with Crippen LogP contribution in [0.25, 0.3) is 10.9 Å². The van der Waals surface area contributed by atoms with Crippen LogP contribution in [0, 0.1) is 19.8 Å². The Kier molecular flexibility index (Phi) is 3.91. The molecule has 0 radical (unpaired) electrons. The Morgan fingerprint density at radius 1 is 1.35 bits per heavy atom. The Labute approximate surface area is 129 Å². The monoisotopic (exact) mass is 330 g/mol. The van der Waals surface area contributed by atoms with E-state index in [0.717, 1.165) is 0 Å². The van der Waals surface area contributed by atoms with Crippen molar-refractivity contribution < 1.29 is 17.7 Å². The Hall–Kier alpha value is -1.90. The summed E-state index contributed by atoms with van der Waals surface area (Å²) in [6.45, 7) is 3.82. The summed E-state index contributed by atoms with van der Waals surface area (Å²) in [6, 6.07) is 0. The highest BCUT2D eigenvalue weighted by molar-refractivity contribution is 5.81. The summed E-state index contributed by atoms with van der Waals surface area (Å²) in [5.74, 6) is -0.851.